The standard InChI is InChI=1S/C9H8F3NO3/c1-16-8-5(2-6(14)15)13-3-4(7(8)10)9(11)12/h3,9H,2H2,1H3,(H,14,15). The van der Waals surface area contributed by atoms with Crippen LogP contribution in [0.15, 0.2) is 6.20 Å². The van der Waals surface area contributed by atoms with Crippen molar-refractivity contribution in [3.8, 4) is 5.75 Å². The lowest BCUT2D eigenvalue weighted by molar-refractivity contribution is -0.136. The Bertz CT molecular complexity index is 409. The summed E-state index contributed by atoms with van der Waals surface area (Å²) in [5.74, 6) is -3.08. The summed E-state index contributed by atoms with van der Waals surface area (Å²) in [4.78, 5) is 13.8. The Morgan fingerprint density at radius 1 is 1.62 bits per heavy atom. The van der Waals surface area contributed by atoms with Crippen LogP contribution in [-0.4, -0.2) is 23.2 Å². The molecule has 0 amide bonds. The van der Waals surface area contributed by atoms with E-state index in [4.69, 9.17) is 5.11 Å². The van der Waals surface area contributed by atoms with Crippen LogP contribution >= 0.6 is 0 Å². The molecule has 0 aliphatic carbocycles. The van der Waals surface area contributed by atoms with Crippen LogP contribution < -0.4 is 4.74 Å². The molecule has 0 radical (unpaired) electrons. The molecule has 0 spiro atoms. The molecule has 1 aromatic rings. The second-order valence-corrected chi connectivity index (χ2v) is 2.88. The number of alkyl halides is 2. The van der Waals surface area contributed by atoms with Gasteiger partial charge in [-0.1, -0.05) is 0 Å². The van der Waals surface area contributed by atoms with E-state index >= 15 is 0 Å². The van der Waals surface area contributed by atoms with Gasteiger partial charge >= 0.3 is 5.97 Å². The van der Waals surface area contributed by atoms with Crippen molar-refractivity contribution in [3.63, 3.8) is 0 Å². The van der Waals surface area contributed by atoms with Crippen LogP contribution in [0, 0.1) is 5.82 Å². The van der Waals surface area contributed by atoms with Crippen LogP contribution in [0.5, 0.6) is 5.75 Å². The first-order valence-corrected chi connectivity index (χ1v) is 4.18. The van der Waals surface area contributed by atoms with Gasteiger partial charge in [-0.15, -0.1) is 0 Å². The maximum absolute atomic E-state index is 13.4. The summed E-state index contributed by atoms with van der Waals surface area (Å²) in [5, 5.41) is 8.49. The van der Waals surface area contributed by atoms with Crippen molar-refractivity contribution in [1.82, 2.24) is 4.98 Å². The second-order valence-electron chi connectivity index (χ2n) is 2.88. The summed E-state index contributed by atoms with van der Waals surface area (Å²) >= 11 is 0. The molecule has 88 valence electrons. The van der Waals surface area contributed by atoms with Gasteiger partial charge in [-0.3, -0.25) is 9.78 Å². The van der Waals surface area contributed by atoms with Gasteiger partial charge in [0, 0.05) is 6.20 Å². The predicted molar refractivity (Wildman–Crippen MR) is 47.0 cm³/mol. The Kier molecular flexibility index (Phi) is 3.70. The third-order valence-electron chi connectivity index (χ3n) is 1.83. The van der Waals surface area contributed by atoms with E-state index in [0.29, 0.717) is 6.20 Å². The Morgan fingerprint density at radius 2 is 2.25 bits per heavy atom. The lowest BCUT2D eigenvalue weighted by atomic mass is 10.2. The fourth-order valence-corrected chi connectivity index (χ4v) is 1.15. The average Bonchev–Trinajstić information content (AvgIpc) is 2.16. The van der Waals surface area contributed by atoms with Crippen LogP contribution in [0.3, 0.4) is 0 Å². The zero-order valence-corrected chi connectivity index (χ0v) is 8.21. The number of ether oxygens (including phenoxy) is 1. The van der Waals surface area contributed by atoms with E-state index in [0.717, 1.165) is 7.11 Å². The number of halogens is 3. The number of rotatable bonds is 4. The number of carbonyl (C=O) groups is 1. The van der Waals surface area contributed by atoms with E-state index in [2.05, 4.69) is 9.72 Å². The number of aromatic nitrogens is 1. The van der Waals surface area contributed by atoms with Gasteiger partial charge in [0.15, 0.2) is 11.6 Å². The van der Waals surface area contributed by atoms with Crippen molar-refractivity contribution in [1.29, 1.82) is 0 Å². The van der Waals surface area contributed by atoms with E-state index in [9.17, 15) is 18.0 Å². The molecule has 0 aliphatic heterocycles. The molecule has 0 atom stereocenters. The highest BCUT2D eigenvalue weighted by Crippen LogP contribution is 2.29. The summed E-state index contributed by atoms with van der Waals surface area (Å²) in [6, 6.07) is 0. The third kappa shape index (κ3) is 2.41. The molecule has 0 aromatic carbocycles. The minimum absolute atomic E-state index is 0.225. The van der Waals surface area contributed by atoms with Crippen LogP contribution in [0.2, 0.25) is 0 Å². The highest BCUT2D eigenvalue weighted by atomic mass is 19.3. The van der Waals surface area contributed by atoms with Gasteiger partial charge in [0.25, 0.3) is 6.43 Å². The van der Waals surface area contributed by atoms with Crippen LogP contribution in [0.4, 0.5) is 13.2 Å². The third-order valence-corrected chi connectivity index (χ3v) is 1.83. The Morgan fingerprint density at radius 3 is 2.69 bits per heavy atom. The van der Waals surface area contributed by atoms with Gasteiger partial charge < -0.3 is 9.84 Å². The first kappa shape index (κ1) is 12.3. The summed E-state index contributed by atoms with van der Waals surface area (Å²) in [6.45, 7) is 0. The topological polar surface area (TPSA) is 59.4 Å². The van der Waals surface area contributed by atoms with Crippen molar-refractivity contribution < 1.29 is 27.8 Å². The lowest BCUT2D eigenvalue weighted by Crippen LogP contribution is -2.08. The minimum atomic E-state index is -3.03. The second kappa shape index (κ2) is 4.82. The number of carboxylic acids is 1. The van der Waals surface area contributed by atoms with Crippen molar-refractivity contribution in [3.05, 3.63) is 23.3 Å². The minimum Gasteiger partial charge on any atom is -0.492 e. The number of carboxylic acid groups (broad SMARTS) is 1. The molecule has 1 rings (SSSR count). The molecule has 1 heterocycles. The van der Waals surface area contributed by atoms with Crippen molar-refractivity contribution in [2.45, 2.75) is 12.8 Å². The van der Waals surface area contributed by atoms with Crippen LogP contribution in [0.1, 0.15) is 17.7 Å². The normalized spacial score (nSPS) is 10.6. The fraction of sp³-hybridized carbons (Fsp3) is 0.333. The molecule has 0 bridgehead atoms. The summed E-state index contributed by atoms with van der Waals surface area (Å²) in [5.41, 5.74) is -1.14. The Balaban J connectivity index is 3.23. The quantitative estimate of drug-likeness (QED) is 0.864. The summed E-state index contributed by atoms with van der Waals surface area (Å²) in [7, 11) is 1.06. The lowest BCUT2D eigenvalue weighted by Gasteiger charge is -2.09. The molecule has 16 heavy (non-hydrogen) atoms. The smallest absolute Gasteiger partial charge is 0.309 e. The fourth-order valence-electron chi connectivity index (χ4n) is 1.15. The van der Waals surface area contributed by atoms with E-state index in [1.165, 1.54) is 0 Å². The highest BCUT2D eigenvalue weighted by Gasteiger charge is 2.22. The van der Waals surface area contributed by atoms with Gasteiger partial charge in [0.05, 0.1) is 24.8 Å². The highest BCUT2D eigenvalue weighted by molar-refractivity contribution is 5.70. The van der Waals surface area contributed by atoms with Gasteiger partial charge in [0.2, 0.25) is 0 Å². The van der Waals surface area contributed by atoms with E-state index in [1.807, 2.05) is 0 Å². The molecule has 7 heteroatoms. The van der Waals surface area contributed by atoms with E-state index < -0.39 is 35.9 Å². The number of hydrogen-bond donors (Lipinski definition) is 1. The van der Waals surface area contributed by atoms with Gasteiger partial charge in [0.1, 0.15) is 0 Å². The van der Waals surface area contributed by atoms with Crippen LogP contribution in [-0.2, 0) is 11.2 Å². The SMILES string of the molecule is COc1c(CC(=O)O)ncc(C(F)F)c1F. The van der Waals surface area contributed by atoms with E-state index in [1.54, 1.807) is 0 Å². The first-order chi connectivity index (χ1) is 7.47. The van der Waals surface area contributed by atoms with Crippen molar-refractivity contribution in [2.75, 3.05) is 7.11 Å². The Labute approximate surface area is 88.7 Å². The number of nitrogens with zero attached hydrogens (tertiary/aromatic N) is 1. The number of aliphatic carboxylic acids is 1. The summed E-state index contributed by atoms with van der Waals surface area (Å²) in [6.07, 6.45) is -3.01. The average molecular weight is 235 g/mol. The maximum atomic E-state index is 13.4. The van der Waals surface area contributed by atoms with E-state index in [-0.39, 0.29) is 5.69 Å². The Hall–Kier alpha value is -1.79. The molecule has 0 aliphatic rings. The maximum Gasteiger partial charge on any atom is 0.309 e. The zero-order valence-electron chi connectivity index (χ0n) is 8.21. The molecular weight excluding hydrogens is 227 g/mol. The largest absolute Gasteiger partial charge is 0.492 e. The molecule has 1 N–H and O–H groups in total. The van der Waals surface area contributed by atoms with Crippen LogP contribution in [0.25, 0.3) is 0 Å². The molecule has 0 saturated carbocycles. The number of pyridine rings is 1. The van der Waals surface area contributed by atoms with Gasteiger partial charge in [-0.25, -0.2) is 13.2 Å². The van der Waals surface area contributed by atoms with Crippen molar-refractivity contribution in [2.24, 2.45) is 0 Å². The molecule has 4 nitrogen and oxygen atoms in total. The zero-order chi connectivity index (χ0) is 12.3. The van der Waals surface area contributed by atoms with Gasteiger partial charge in [-0.2, -0.15) is 0 Å². The monoisotopic (exact) mass is 235 g/mol. The molecular formula is C9H8F3NO3. The molecule has 0 saturated heterocycles. The predicted octanol–water partition coefficient (Wildman–Crippen LogP) is 1.79. The molecule has 1 aromatic heterocycles. The molecule has 0 unspecified atom stereocenters. The van der Waals surface area contributed by atoms with Crippen molar-refractivity contribution >= 4 is 5.97 Å². The number of methoxy groups -OCH3 is 1. The molecule has 0 fully saturated rings. The first-order valence-electron chi connectivity index (χ1n) is 4.18. The number of hydrogen-bond acceptors (Lipinski definition) is 3. The van der Waals surface area contributed by atoms with Gasteiger partial charge in [-0.05, 0) is 0 Å². The summed E-state index contributed by atoms with van der Waals surface area (Å²) < 4.78 is 42.5.